The summed E-state index contributed by atoms with van der Waals surface area (Å²) >= 11 is 0. The van der Waals surface area contributed by atoms with E-state index < -0.39 is 0 Å². The Bertz CT molecular complexity index is 495. The average molecular weight is 183 g/mol. The lowest BCUT2D eigenvalue weighted by molar-refractivity contribution is 1.17. The molecule has 0 saturated carbocycles. The number of rotatable bonds is 0. The number of amidine groups is 2. The molecule has 3 rings (SSSR count). The second kappa shape index (κ2) is 2.54. The van der Waals surface area contributed by atoms with E-state index in [-0.39, 0.29) is 0 Å². The Hall–Kier alpha value is -1.90. The van der Waals surface area contributed by atoms with Gasteiger partial charge in [-0.1, -0.05) is 18.2 Å². The second-order valence-electron chi connectivity index (χ2n) is 3.45. The van der Waals surface area contributed by atoms with E-state index in [1.54, 1.807) is 0 Å². The molecule has 0 spiro atoms. The number of benzene rings is 1. The lowest BCUT2D eigenvalue weighted by Gasteiger charge is -2.12. The fourth-order valence-electron chi connectivity index (χ4n) is 1.78. The number of para-hydroxylation sites is 1. The smallest absolute Gasteiger partial charge is 0.158 e. The first-order chi connectivity index (χ1) is 6.83. The number of nitrogens with two attached hydrogens (primary N) is 1. The van der Waals surface area contributed by atoms with E-state index in [1.165, 1.54) is 5.56 Å². The summed E-state index contributed by atoms with van der Waals surface area (Å²) in [6, 6.07) is 8.10. The van der Waals surface area contributed by atoms with Crippen LogP contribution in [-0.4, -0.2) is 11.7 Å². The zero-order valence-corrected chi connectivity index (χ0v) is 7.57. The first-order valence-corrected chi connectivity index (χ1v) is 4.54. The van der Waals surface area contributed by atoms with Gasteiger partial charge in [0.2, 0.25) is 0 Å². The quantitative estimate of drug-likeness (QED) is 0.652. The molecule has 2 N–H and O–H groups in total. The monoisotopic (exact) mass is 183 g/mol. The molecule has 0 atom stereocenters. The van der Waals surface area contributed by atoms with E-state index in [4.69, 9.17) is 5.73 Å². The van der Waals surface area contributed by atoms with Gasteiger partial charge < -0.3 is 5.73 Å². The fraction of sp³-hybridized carbons (Fsp3) is 0.0909. The van der Waals surface area contributed by atoms with Crippen molar-refractivity contribution < 1.29 is 0 Å². The minimum atomic E-state index is 0.562. The molecule has 0 aliphatic carbocycles. The van der Waals surface area contributed by atoms with Crippen molar-refractivity contribution in [3.05, 3.63) is 41.5 Å². The summed E-state index contributed by atoms with van der Waals surface area (Å²) in [6.07, 6.45) is 2.79. The Morgan fingerprint density at radius 1 is 1.14 bits per heavy atom. The van der Waals surface area contributed by atoms with Crippen molar-refractivity contribution >= 4 is 17.4 Å². The van der Waals surface area contributed by atoms with E-state index in [2.05, 4.69) is 16.1 Å². The van der Waals surface area contributed by atoms with Gasteiger partial charge in [0, 0.05) is 12.0 Å². The zero-order chi connectivity index (χ0) is 9.54. The lowest BCUT2D eigenvalue weighted by atomic mass is 10.0. The van der Waals surface area contributed by atoms with Crippen LogP contribution in [-0.2, 0) is 6.42 Å². The van der Waals surface area contributed by atoms with Crippen LogP contribution in [0.25, 0.3) is 0 Å². The summed E-state index contributed by atoms with van der Waals surface area (Å²) in [5.41, 5.74) is 9.00. The van der Waals surface area contributed by atoms with E-state index in [0.717, 1.165) is 23.5 Å². The summed E-state index contributed by atoms with van der Waals surface area (Å²) in [5.74, 6) is 1.34. The Kier molecular flexibility index (Phi) is 1.36. The number of hydrogen-bond donors (Lipinski definition) is 1. The maximum Gasteiger partial charge on any atom is 0.158 e. The Morgan fingerprint density at radius 2 is 2.00 bits per heavy atom. The van der Waals surface area contributed by atoms with Gasteiger partial charge in [-0.15, -0.1) is 0 Å². The van der Waals surface area contributed by atoms with Gasteiger partial charge in [-0.2, -0.15) is 0 Å². The standard InChI is InChI=1S/C11H9N3/c12-10-6-8-5-7-3-1-2-4-9(7)13-11(8)14-10/h1-4,6H,5H2,(H2,12,13,14). The predicted octanol–water partition coefficient (Wildman–Crippen LogP) is 1.57. The van der Waals surface area contributed by atoms with Gasteiger partial charge in [-0.25, -0.2) is 9.98 Å². The minimum Gasteiger partial charge on any atom is -0.384 e. The molecule has 14 heavy (non-hydrogen) atoms. The van der Waals surface area contributed by atoms with Gasteiger partial charge in [-0.05, 0) is 17.7 Å². The SMILES string of the molecule is NC1=NC2=Nc3ccccc3CC2=C1. The van der Waals surface area contributed by atoms with Crippen LogP contribution in [0.1, 0.15) is 5.56 Å². The first-order valence-electron chi connectivity index (χ1n) is 4.54. The Morgan fingerprint density at radius 3 is 2.93 bits per heavy atom. The summed E-state index contributed by atoms with van der Waals surface area (Å²) in [4.78, 5) is 8.60. The molecule has 0 bridgehead atoms. The highest BCUT2D eigenvalue weighted by atomic mass is 15.0. The second-order valence-corrected chi connectivity index (χ2v) is 3.45. The maximum absolute atomic E-state index is 5.62. The van der Waals surface area contributed by atoms with Crippen molar-refractivity contribution in [2.75, 3.05) is 0 Å². The molecule has 2 heterocycles. The molecular weight excluding hydrogens is 174 g/mol. The number of hydrogen-bond acceptors (Lipinski definition) is 3. The van der Waals surface area contributed by atoms with Gasteiger partial charge in [0.25, 0.3) is 0 Å². The molecule has 0 amide bonds. The maximum atomic E-state index is 5.62. The number of aliphatic imine (C=N–C) groups is 2. The molecule has 3 heteroatoms. The van der Waals surface area contributed by atoms with Gasteiger partial charge in [0.05, 0.1) is 5.69 Å². The molecule has 68 valence electrons. The van der Waals surface area contributed by atoms with Crippen LogP contribution in [0.3, 0.4) is 0 Å². The number of fused-ring (bicyclic) bond motifs is 2. The van der Waals surface area contributed by atoms with Crippen molar-refractivity contribution in [3.8, 4) is 0 Å². The summed E-state index contributed by atoms with van der Waals surface area (Å²) in [5, 5.41) is 0. The number of nitrogens with zero attached hydrogens (tertiary/aromatic N) is 2. The van der Waals surface area contributed by atoms with E-state index in [1.807, 2.05) is 24.3 Å². The van der Waals surface area contributed by atoms with E-state index >= 15 is 0 Å². The Balaban J connectivity index is 2.18. The predicted molar refractivity (Wildman–Crippen MR) is 56.9 cm³/mol. The molecule has 0 unspecified atom stereocenters. The van der Waals surface area contributed by atoms with Crippen LogP contribution >= 0.6 is 0 Å². The van der Waals surface area contributed by atoms with Crippen LogP contribution in [0.15, 0.2) is 45.9 Å². The van der Waals surface area contributed by atoms with Crippen molar-refractivity contribution in [2.45, 2.75) is 6.42 Å². The fourth-order valence-corrected chi connectivity index (χ4v) is 1.78. The molecule has 2 aliphatic heterocycles. The third-order valence-electron chi connectivity index (χ3n) is 2.44. The van der Waals surface area contributed by atoms with Gasteiger partial charge >= 0.3 is 0 Å². The molecule has 0 radical (unpaired) electrons. The van der Waals surface area contributed by atoms with Crippen LogP contribution < -0.4 is 5.73 Å². The van der Waals surface area contributed by atoms with Crippen LogP contribution in [0.5, 0.6) is 0 Å². The molecular formula is C11H9N3. The topological polar surface area (TPSA) is 50.7 Å². The van der Waals surface area contributed by atoms with Gasteiger partial charge in [0.15, 0.2) is 5.84 Å². The third kappa shape index (κ3) is 0.988. The highest BCUT2D eigenvalue weighted by Crippen LogP contribution is 2.29. The highest BCUT2D eigenvalue weighted by molar-refractivity contribution is 6.18. The molecule has 1 aromatic rings. The molecule has 2 aliphatic rings. The van der Waals surface area contributed by atoms with E-state index in [0.29, 0.717) is 5.84 Å². The molecule has 0 aromatic heterocycles. The van der Waals surface area contributed by atoms with Crippen molar-refractivity contribution in [1.82, 2.24) is 0 Å². The van der Waals surface area contributed by atoms with E-state index in [9.17, 15) is 0 Å². The van der Waals surface area contributed by atoms with Gasteiger partial charge in [-0.3, -0.25) is 0 Å². The summed E-state index contributed by atoms with van der Waals surface area (Å²) in [6.45, 7) is 0. The molecule has 3 nitrogen and oxygen atoms in total. The lowest BCUT2D eigenvalue weighted by Crippen LogP contribution is -2.05. The third-order valence-corrected chi connectivity index (χ3v) is 2.44. The molecule has 0 saturated heterocycles. The first kappa shape index (κ1) is 7.50. The average Bonchev–Trinajstić information content (AvgIpc) is 2.53. The van der Waals surface area contributed by atoms with Gasteiger partial charge in [0.1, 0.15) is 5.84 Å². The minimum absolute atomic E-state index is 0.562. The zero-order valence-electron chi connectivity index (χ0n) is 7.57. The van der Waals surface area contributed by atoms with Crippen LogP contribution in [0.2, 0.25) is 0 Å². The van der Waals surface area contributed by atoms with Crippen molar-refractivity contribution in [2.24, 2.45) is 15.7 Å². The molecule has 1 aromatic carbocycles. The van der Waals surface area contributed by atoms with Crippen molar-refractivity contribution in [3.63, 3.8) is 0 Å². The largest absolute Gasteiger partial charge is 0.384 e. The van der Waals surface area contributed by atoms with Crippen LogP contribution in [0, 0.1) is 0 Å². The highest BCUT2D eigenvalue weighted by Gasteiger charge is 2.20. The van der Waals surface area contributed by atoms with Crippen molar-refractivity contribution in [1.29, 1.82) is 0 Å². The van der Waals surface area contributed by atoms with Crippen LogP contribution in [0.4, 0.5) is 5.69 Å². The normalized spacial score (nSPS) is 17.9. The summed E-state index contributed by atoms with van der Waals surface area (Å²) in [7, 11) is 0. The summed E-state index contributed by atoms with van der Waals surface area (Å²) < 4.78 is 0. The molecule has 0 fully saturated rings. The Labute approximate surface area is 81.7 Å².